The Morgan fingerprint density at radius 1 is 1.09 bits per heavy atom. The highest BCUT2D eigenvalue weighted by atomic mass is 16.7. The van der Waals surface area contributed by atoms with Crippen LogP contribution in [-0.4, -0.2) is 49.1 Å². The smallest absolute Gasteiger partial charge is 0.399 e. The van der Waals surface area contributed by atoms with Gasteiger partial charge in [0.05, 0.1) is 11.2 Å². The number of nitrogens with zero attached hydrogens (tertiary/aromatic N) is 1. The molecule has 2 aliphatic heterocycles. The number of rotatable bonds is 3. The Bertz CT molecular complexity index is 560. The Morgan fingerprint density at radius 3 is 2.05 bits per heavy atom. The fourth-order valence-corrected chi connectivity index (χ4v) is 2.88. The summed E-state index contributed by atoms with van der Waals surface area (Å²) < 4.78 is 12.1. The summed E-state index contributed by atoms with van der Waals surface area (Å²) in [7, 11) is 1.66. The Morgan fingerprint density at radius 2 is 1.59 bits per heavy atom. The summed E-state index contributed by atoms with van der Waals surface area (Å²) in [4.78, 5) is 14.5. The molecule has 2 fully saturated rings. The molecule has 0 radical (unpaired) electrons. The second-order valence-corrected chi connectivity index (χ2v) is 7.49. The van der Waals surface area contributed by atoms with Crippen LogP contribution in [0.2, 0.25) is 0 Å². The average molecular weight is 301 g/mol. The summed E-state index contributed by atoms with van der Waals surface area (Å²) in [6, 6.07) is 7.66. The molecule has 1 aromatic carbocycles. The van der Waals surface area contributed by atoms with Crippen LogP contribution in [0.25, 0.3) is 0 Å². The normalized spacial score (nSPS) is 24.3. The number of Topliss-reactive ketones (excluding diaryl/α,β-unsaturated/α-hetero) is 1. The van der Waals surface area contributed by atoms with Gasteiger partial charge in [-0.15, -0.1) is 0 Å². The standard InChI is InChI=1S/C17H24BNO3/c1-16(2)17(3,4)22-18(21-16)14-8-6-12(7-9-14)15(20)13-10-19(5)11-13/h6-9,13H,10-11H2,1-5H3. The van der Waals surface area contributed by atoms with Gasteiger partial charge in [-0.05, 0) is 40.2 Å². The zero-order valence-electron chi connectivity index (χ0n) is 14.1. The largest absolute Gasteiger partial charge is 0.494 e. The van der Waals surface area contributed by atoms with E-state index in [2.05, 4.69) is 4.90 Å². The molecule has 0 saturated carbocycles. The molecule has 1 aromatic rings. The molecule has 0 N–H and O–H groups in total. The van der Waals surface area contributed by atoms with Gasteiger partial charge in [-0.25, -0.2) is 0 Å². The summed E-state index contributed by atoms with van der Waals surface area (Å²) in [5, 5.41) is 0. The van der Waals surface area contributed by atoms with Gasteiger partial charge in [-0.2, -0.15) is 0 Å². The van der Waals surface area contributed by atoms with Crippen LogP contribution >= 0.6 is 0 Å². The van der Waals surface area contributed by atoms with Gasteiger partial charge in [0.2, 0.25) is 0 Å². The van der Waals surface area contributed by atoms with Crippen molar-refractivity contribution in [2.75, 3.05) is 20.1 Å². The molecular formula is C17H24BNO3. The number of ketones is 1. The van der Waals surface area contributed by atoms with Crippen molar-refractivity contribution in [3.63, 3.8) is 0 Å². The first-order valence-electron chi connectivity index (χ1n) is 7.88. The fourth-order valence-electron chi connectivity index (χ4n) is 2.88. The third-order valence-electron chi connectivity index (χ3n) is 5.16. The second-order valence-electron chi connectivity index (χ2n) is 7.49. The quantitative estimate of drug-likeness (QED) is 0.629. The number of benzene rings is 1. The van der Waals surface area contributed by atoms with Gasteiger partial charge in [-0.3, -0.25) is 4.79 Å². The summed E-state index contributed by atoms with van der Waals surface area (Å²) in [5.74, 6) is 0.381. The Labute approximate surface area is 132 Å². The number of hydrogen-bond acceptors (Lipinski definition) is 4. The molecule has 5 heteroatoms. The average Bonchev–Trinajstić information content (AvgIpc) is 2.63. The molecule has 0 spiro atoms. The summed E-state index contributed by atoms with van der Waals surface area (Å²) >= 11 is 0. The molecule has 2 saturated heterocycles. The lowest BCUT2D eigenvalue weighted by Crippen LogP contribution is -2.47. The maximum Gasteiger partial charge on any atom is 0.494 e. The van der Waals surface area contributed by atoms with Crippen LogP contribution in [0, 0.1) is 5.92 Å². The minimum atomic E-state index is -0.371. The van der Waals surface area contributed by atoms with E-state index < -0.39 is 0 Å². The predicted molar refractivity (Wildman–Crippen MR) is 87.5 cm³/mol. The van der Waals surface area contributed by atoms with Crippen molar-refractivity contribution in [3.8, 4) is 0 Å². The van der Waals surface area contributed by atoms with Crippen molar-refractivity contribution in [1.29, 1.82) is 0 Å². The summed E-state index contributed by atoms with van der Waals surface area (Å²) in [5.41, 5.74) is 1.05. The molecular weight excluding hydrogens is 277 g/mol. The molecule has 0 unspecified atom stereocenters. The van der Waals surface area contributed by atoms with E-state index in [9.17, 15) is 4.79 Å². The van der Waals surface area contributed by atoms with Crippen molar-refractivity contribution < 1.29 is 14.1 Å². The topological polar surface area (TPSA) is 38.8 Å². The maximum absolute atomic E-state index is 12.3. The molecule has 4 nitrogen and oxygen atoms in total. The predicted octanol–water partition coefficient (Wildman–Crippen LogP) is 1.73. The highest BCUT2D eigenvalue weighted by Crippen LogP contribution is 2.36. The molecule has 3 rings (SSSR count). The van der Waals surface area contributed by atoms with E-state index in [1.54, 1.807) is 0 Å². The Balaban J connectivity index is 1.71. The van der Waals surface area contributed by atoms with Crippen LogP contribution in [-0.2, 0) is 9.31 Å². The second kappa shape index (κ2) is 5.19. The van der Waals surface area contributed by atoms with E-state index in [0.29, 0.717) is 0 Å². The highest BCUT2D eigenvalue weighted by molar-refractivity contribution is 6.62. The summed E-state index contributed by atoms with van der Waals surface area (Å²) in [6.07, 6.45) is 0. The summed E-state index contributed by atoms with van der Waals surface area (Å²) in [6.45, 7) is 9.88. The van der Waals surface area contributed by atoms with E-state index in [1.807, 2.05) is 59.0 Å². The molecule has 0 aliphatic carbocycles. The van der Waals surface area contributed by atoms with Gasteiger partial charge in [0.15, 0.2) is 5.78 Å². The van der Waals surface area contributed by atoms with E-state index in [-0.39, 0.29) is 30.0 Å². The number of carbonyl (C=O) groups excluding carboxylic acids is 1. The van der Waals surface area contributed by atoms with Gasteiger partial charge in [0.1, 0.15) is 0 Å². The van der Waals surface area contributed by atoms with E-state index in [4.69, 9.17) is 9.31 Å². The lowest BCUT2D eigenvalue weighted by atomic mass is 9.78. The van der Waals surface area contributed by atoms with Gasteiger partial charge < -0.3 is 14.2 Å². The van der Waals surface area contributed by atoms with Crippen LogP contribution in [0.1, 0.15) is 38.1 Å². The van der Waals surface area contributed by atoms with Gasteiger partial charge >= 0.3 is 7.12 Å². The van der Waals surface area contributed by atoms with E-state index >= 15 is 0 Å². The molecule has 2 aliphatic rings. The van der Waals surface area contributed by atoms with Crippen molar-refractivity contribution in [2.24, 2.45) is 5.92 Å². The van der Waals surface area contributed by atoms with Crippen LogP contribution in [0.15, 0.2) is 24.3 Å². The number of likely N-dealkylation sites (tertiary alicyclic amines) is 1. The zero-order chi connectivity index (χ0) is 16.1. The molecule has 0 aromatic heterocycles. The molecule has 0 bridgehead atoms. The van der Waals surface area contributed by atoms with Gasteiger partial charge in [0.25, 0.3) is 0 Å². The van der Waals surface area contributed by atoms with Crippen LogP contribution in [0.5, 0.6) is 0 Å². The fraction of sp³-hybridized carbons (Fsp3) is 0.588. The molecule has 2 heterocycles. The van der Waals surface area contributed by atoms with Crippen LogP contribution in [0.3, 0.4) is 0 Å². The first-order chi connectivity index (χ1) is 10.2. The maximum atomic E-state index is 12.3. The van der Waals surface area contributed by atoms with Crippen molar-refractivity contribution in [2.45, 2.75) is 38.9 Å². The monoisotopic (exact) mass is 301 g/mol. The highest BCUT2D eigenvalue weighted by Gasteiger charge is 2.51. The molecule has 22 heavy (non-hydrogen) atoms. The SMILES string of the molecule is CN1CC(C(=O)c2ccc(B3OC(C)(C)C(C)(C)O3)cc2)C1. The lowest BCUT2D eigenvalue weighted by molar-refractivity contribution is 0.00578. The van der Waals surface area contributed by atoms with Crippen molar-refractivity contribution in [1.82, 2.24) is 4.90 Å². The zero-order valence-corrected chi connectivity index (χ0v) is 14.1. The van der Waals surface area contributed by atoms with E-state index in [0.717, 1.165) is 24.1 Å². The van der Waals surface area contributed by atoms with E-state index in [1.165, 1.54) is 0 Å². The lowest BCUT2D eigenvalue weighted by Gasteiger charge is -2.35. The minimum absolute atomic E-state index is 0.146. The first-order valence-corrected chi connectivity index (χ1v) is 7.88. The minimum Gasteiger partial charge on any atom is -0.399 e. The number of hydrogen-bond donors (Lipinski definition) is 0. The third-order valence-corrected chi connectivity index (χ3v) is 5.16. The van der Waals surface area contributed by atoms with Crippen molar-refractivity contribution >= 4 is 18.4 Å². The molecule has 118 valence electrons. The van der Waals surface area contributed by atoms with Crippen LogP contribution < -0.4 is 5.46 Å². The Hall–Kier alpha value is -1.17. The van der Waals surface area contributed by atoms with Gasteiger partial charge in [-0.1, -0.05) is 24.3 Å². The first kappa shape index (κ1) is 15.7. The van der Waals surface area contributed by atoms with Gasteiger partial charge in [0, 0.05) is 24.6 Å². The number of carbonyl (C=O) groups is 1. The molecule has 0 atom stereocenters. The third kappa shape index (κ3) is 2.62. The molecule has 0 amide bonds. The van der Waals surface area contributed by atoms with Crippen molar-refractivity contribution in [3.05, 3.63) is 29.8 Å². The Kier molecular flexibility index (Phi) is 3.71. The van der Waals surface area contributed by atoms with Crippen LogP contribution in [0.4, 0.5) is 0 Å².